The molecule has 2 rings (SSSR count). The van der Waals surface area contributed by atoms with E-state index in [-0.39, 0.29) is 12.5 Å². The predicted molar refractivity (Wildman–Crippen MR) is 87.4 cm³/mol. The number of ether oxygens (including phenoxy) is 1. The first kappa shape index (κ1) is 16.3. The second-order valence-corrected chi connectivity index (χ2v) is 6.58. The van der Waals surface area contributed by atoms with E-state index in [0.717, 1.165) is 48.3 Å². The summed E-state index contributed by atoms with van der Waals surface area (Å²) in [6, 6.07) is 6.29. The summed E-state index contributed by atoms with van der Waals surface area (Å²) in [5.74, 6) is 0.858. The highest BCUT2D eigenvalue weighted by atomic mass is 79.9. The minimum Gasteiger partial charge on any atom is -0.483 e. The van der Waals surface area contributed by atoms with E-state index in [0.29, 0.717) is 6.04 Å². The van der Waals surface area contributed by atoms with Crippen LogP contribution in [0.4, 0.5) is 0 Å². The van der Waals surface area contributed by atoms with Crippen molar-refractivity contribution in [2.75, 3.05) is 19.7 Å². The Morgan fingerprint density at radius 3 is 2.76 bits per heavy atom. The molecule has 0 unspecified atom stereocenters. The monoisotopic (exact) mass is 354 g/mol. The van der Waals surface area contributed by atoms with Crippen molar-refractivity contribution in [2.24, 2.45) is 0 Å². The zero-order valence-corrected chi connectivity index (χ0v) is 14.3. The lowest BCUT2D eigenvalue weighted by Crippen LogP contribution is -2.32. The third-order valence-electron chi connectivity index (χ3n) is 3.53. The fourth-order valence-electron chi connectivity index (χ4n) is 2.34. The third-order valence-corrected chi connectivity index (χ3v) is 4.03. The highest BCUT2D eigenvalue weighted by molar-refractivity contribution is 9.10. The predicted octanol–water partition coefficient (Wildman–Crippen LogP) is 2.95. The second-order valence-electron chi connectivity index (χ2n) is 5.66. The van der Waals surface area contributed by atoms with Crippen LogP contribution in [0.2, 0.25) is 0 Å². The molecule has 1 amide bonds. The number of carbonyl (C=O) groups is 1. The first-order valence-electron chi connectivity index (χ1n) is 7.48. The molecule has 0 aliphatic carbocycles. The summed E-state index contributed by atoms with van der Waals surface area (Å²) in [5.41, 5.74) is 1.06. The first-order chi connectivity index (χ1) is 10.1. The molecule has 1 heterocycles. The van der Waals surface area contributed by atoms with Gasteiger partial charge in [-0.05, 0) is 31.0 Å². The van der Waals surface area contributed by atoms with E-state index in [1.165, 1.54) is 0 Å². The Labute approximate surface area is 135 Å². The van der Waals surface area contributed by atoms with Crippen molar-refractivity contribution in [2.45, 2.75) is 39.3 Å². The lowest BCUT2D eigenvalue weighted by Gasteiger charge is -2.17. The largest absolute Gasteiger partial charge is 0.483 e. The minimum absolute atomic E-state index is 0.0817. The molecule has 1 saturated heterocycles. The van der Waals surface area contributed by atoms with Gasteiger partial charge < -0.3 is 15.0 Å². The number of carbonyl (C=O) groups excluding carboxylic acids is 1. The van der Waals surface area contributed by atoms with Crippen LogP contribution in [0.1, 0.15) is 32.3 Å². The summed E-state index contributed by atoms with van der Waals surface area (Å²) in [7, 11) is 0. The molecule has 1 aliphatic rings. The molecule has 0 bridgehead atoms. The van der Waals surface area contributed by atoms with Crippen LogP contribution >= 0.6 is 15.9 Å². The quantitative estimate of drug-likeness (QED) is 0.853. The first-order valence-corrected chi connectivity index (χ1v) is 8.28. The van der Waals surface area contributed by atoms with Crippen LogP contribution in [0.25, 0.3) is 0 Å². The molecule has 0 atom stereocenters. The van der Waals surface area contributed by atoms with E-state index >= 15 is 0 Å². The number of likely N-dealkylation sites (tertiary alicyclic amines) is 1. The van der Waals surface area contributed by atoms with Crippen LogP contribution in [0.3, 0.4) is 0 Å². The molecule has 116 valence electrons. The fraction of sp³-hybridized carbons (Fsp3) is 0.562. The van der Waals surface area contributed by atoms with E-state index in [4.69, 9.17) is 4.74 Å². The maximum absolute atomic E-state index is 12.0. The van der Waals surface area contributed by atoms with Crippen molar-refractivity contribution in [3.05, 3.63) is 28.2 Å². The summed E-state index contributed by atoms with van der Waals surface area (Å²) in [4.78, 5) is 13.9. The number of nitrogens with one attached hydrogen (secondary N) is 1. The van der Waals surface area contributed by atoms with Gasteiger partial charge in [-0.25, -0.2) is 0 Å². The number of benzene rings is 1. The molecular formula is C16H23BrN2O2. The number of rotatable bonds is 6. The average molecular weight is 355 g/mol. The van der Waals surface area contributed by atoms with Gasteiger partial charge in [0.1, 0.15) is 5.75 Å². The Bertz CT molecular complexity index is 485. The van der Waals surface area contributed by atoms with Gasteiger partial charge in [-0.2, -0.15) is 0 Å². The fourth-order valence-corrected chi connectivity index (χ4v) is 2.75. The number of halogens is 1. The molecule has 0 saturated carbocycles. The molecule has 21 heavy (non-hydrogen) atoms. The Kier molecular flexibility index (Phi) is 6.06. The molecule has 1 fully saturated rings. The van der Waals surface area contributed by atoms with Crippen molar-refractivity contribution in [3.63, 3.8) is 0 Å². The Balaban J connectivity index is 1.96. The van der Waals surface area contributed by atoms with Gasteiger partial charge in [0.05, 0.1) is 0 Å². The Morgan fingerprint density at radius 2 is 2.10 bits per heavy atom. The normalized spacial score (nSPS) is 14.8. The van der Waals surface area contributed by atoms with E-state index in [1.54, 1.807) is 0 Å². The van der Waals surface area contributed by atoms with E-state index < -0.39 is 0 Å². The maximum atomic E-state index is 12.0. The highest BCUT2D eigenvalue weighted by Crippen LogP contribution is 2.23. The number of hydrogen-bond donors (Lipinski definition) is 1. The molecule has 1 aliphatic heterocycles. The van der Waals surface area contributed by atoms with Gasteiger partial charge in [0.2, 0.25) is 0 Å². The van der Waals surface area contributed by atoms with Gasteiger partial charge in [0.25, 0.3) is 5.91 Å². The maximum Gasteiger partial charge on any atom is 0.260 e. The molecule has 1 N–H and O–H groups in total. The van der Waals surface area contributed by atoms with Gasteiger partial charge in [-0.3, -0.25) is 4.79 Å². The standard InChI is InChI=1S/C16H23BrN2O2/c1-12(2)18-10-13-9-14(17)5-6-15(13)21-11-16(20)19-7-3-4-8-19/h5-6,9,12,18H,3-4,7-8,10-11H2,1-2H3. The van der Waals surface area contributed by atoms with Crippen LogP contribution < -0.4 is 10.1 Å². The summed E-state index contributed by atoms with van der Waals surface area (Å²) in [6.07, 6.45) is 2.21. The average Bonchev–Trinajstić information content (AvgIpc) is 2.98. The SMILES string of the molecule is CC(C)NCc1cc(Br)ccc1OCC(=O)N1CCCC1. The number of hydrogen-bond acceptors (Lipinski definition) is 3. The van der Waals surface area contributed by atoms with E-state index in [9.17, 15) is 4.79 Å². The zero-order valence-electron chi connectivity index (χ0n) is 12.7. The number of amides is 1. The number of nitrogens with zero attached hydrogens (tertiary/aromatic N) is 1. The van der Waals surface area contributed by atoms with Gasteiger partial charge in [-0.15, -0.1) is 0 Å². The third kappa shape index (κ3) is 5.00. The molecule has 4 nitrogen and oxygen atoms in total. The van der Waals surface area contributed by atoms with Crippen LogP contribution in [0.5, 0.6) is 5.75 Å². The van der Waals surface area contributed by atoms with Crippen LogP contribution in [0.15, 0.2) is 22.7 Å². The smallest absolute Gasteiger partial charge is 0.260 e. The van der Waals surface area contributed by atoms with Gasteiger partial charge in [-0.1, -0.05) is 29.8 Å². The second kappa shape index (κ2) is 7.80. The summed E-state index contributed by atoms with van der Waals surface area (Å²) in [6.45, 7) is 6.79. The van der Waals surface area contributed by atoms with Crippen molar-refractivity contribution in [1.82, 2.24) is 10.2 Å². The van der Waals surface area contributed by atoms with Crippen molar-refractivity contribution in [1.29, 1.82) is 0 Å². The van der Waals surface area contributed by atoms with Crippen molar-refractivity contribution < 1.29 is 9.53 Å². The van der Waals surface area contributed by atoms with E-state index in [1.807, 2.05) is 23.1 Å². The van der Waals surface area contributed by atoms with Crippen molar-refractivity contribution >= 4 is 21.8 Å². The van der Waals surface area contributed by atoms with E-state index in [2.05, 4.69) is 35.1 Å². The Morgan fingerprint density at radius 1 is 1.38 bits per heavy atom. The Hall–Kier alpha value is -1.07. The van der Waals surface area contributed by atoms with Crippen LogP contribution in [-0.4, -0.2) is 36.5 Å². The summed E-state index contributed by atoms with van der Waals surface area (Å²) in [5, 5.41) is 3.38. The summed E-state index contributed by atoms with van der Waals surface area (Å²) < 4.78 is 6.76. The molecule has 5 heteroatoms. The lowest BCUT2D eigenvalue weighted by atomic mass is 10.2. The minimum atomic E-state index is 0.0817. The molecule has 0 aromatic heterocycles. The topological polar surface area (TPSA) is 41.6 Å². The van der Waals surface area contributed by atoms with Gasteiger partial charge in [0, 0.05) is 35.7 Å². The molecule has 0 spiro atoms. The molecular weight excluding hydrogens is 332 g/mol. The molecule has 1 aromatic rings. The van der Waals surface area contributed by atoms with Gasteiger partial charge in [0.15, 0.2) is 6.61 Å². The van der Waals surface area contributed by atoms with Crippen LogP contribution in [-0.2, 0) is 11.3 Å². The highest BCUT2D eigenvalue weighted by Gasteiger charge is 2.18. The molecule has 0 radical (unpaired) electrons. The summed E-state index contributed by atoms with van der Waals surface area (Å²) >= 11 is 3.48. The lowest BCUT2D eigenvalue weighted by molar-refractivity contribution is -0.132. The van der Waals surface area contributed by atoms with Gasteiger partial charge >= 0.3 is 0 Å². The van der Waals surface area contributed by atoms with Crippen molar-refractivity contribution in [3.8, 4) is 5.75 Å². The molecule has 1 aromatic carbocycles. The van der Waals surface area contributed by atoms with Crippen LogP contribution in [0, 0.1) is 0 Å². The zero-order chi connectivity index (χ0) is 15.2.